The van der Waals surface area contributed by atoms with Crippen LogP contribution in [-0.2, 0) is 12.6 Å². The lowest BCUT2D eigenvalue weighted by Crippen LogP contribution is -2.44. The molecule has 2 heterocycles. The van der Waals surface area contributed by atoms with Gasteiger partial charge in [0.25, 0.3) is 5.91 Å². The van der Waals surface area contributed by atoms with E-state index in [1.54, 1.807) is 18.2 Å². The van der Waals surface area contributed by atoms with E-state index in [9.17, 15) is 9.18 Å². The van der Waals surface area contributed by atoms with Crippen LogP contribution in [0.3, 0.4) is 0 Å². The van der Waals surface area contributed by atoms with Gasteiger partial charge in [-0.15, -0.1) is 0 Å². The van der Waals surface area contributed by atoms with Crippen LogP contribution in [0.1, 0.15) is 52.6 Å². The highest BCUT2D eigenvalue weighted by atomic mass is 19.1. The molecule has 0 spiro atoms. The van der Waals surface area contributed by atoms with E-state index in [1.165, 1.54) is 17.2 Å². The van der Waals surface area contributed by atoms with Crippen molar-refractivity contribution in [2.75, 3.05) is 6.54 Å². The number of aromatic nitrogens is 2. The third-order valence-electron chi connectivity index (χ3n) is 7.43. The van der Waals surface area contributed by atoms with Crippen LogP contribution in [0.5, 0.6) is 0 Å². The second-order valence-corrected chi connectivity index (χ2v) is 9.78. The minimum Gasteiger partial charge on any atom is -0.329 e. The van der Waals surface area contributed by atoms with Crippen LogP contribution >= 0.6 is 0 Å². The number of fused-ring (bicyclic) bond motifs is 1. The molecule has 5 heteroatoms. The van der Waals surface area contributed by atoms with E-state index in [0.29, 0.717) is 23.2 Å². The van der Waals surface area contributed by atoms with Crippen molar-refractivity contribution in [3.63, 3.8) is 0 Å². The Hall–Kier alpha value is -3.47. The molecule has 1 saturated heterocycles. The summed E-state index contributed by atoms with van der Waals surface area (Å²) in [6.45, 7) is 8.91. The smallest absolute Gasteiger partial charge is 0.255 e. The van der Waals surface area contributed by atoms with Crippen molar-refractivity contribution in [2.24, 2.45) is 7.05 Å². The highest BCUT2D eigenvalue weighted by Gasteiger charge is 2.45. The first-order chi connectivity index (χ1) is 16.2. The van der Waals surface area contributed by atoms with Gasteiger partial charge in [-0.2, -0.15) is 0 Å². The van der Waals surface area contributed by atoms with Gasteiger partial charge in [-0.05, 0) is 81.5 Å². The SMILES string of the molecule is Cc1ccc(-c2ccccc2F)c(C(=O)N2CCC[C@@]2(C)c2nc3cc(C)c(C)cc3n2C)c1. The normalized spacial score (nSPS) is 18.1. The lowest BCUT2D eigenvalue weighted by molar-refractivity contribution is 0.0601. The zero-order valence-corrected chi connectivity index (χ0v) is 20.4. The Morgan fingerprint density at radius 2 is 1.74 bits per heavy atom. The topological polar surface area (TPSA) is 38.1 Å². The standard InChI is InChI=1S/C29H30FN3O/c1-18-11-12-21(22-9-6-7-10-24(22)30)23(15-18)27(34)33-14-8-13-29(33,4)28-31-25-16-19(2)20(3)17-26(25)32(28)5/h6-7,9-12,15-17H,8,13-14H2,1-5H3/t29-/m0/s1. The largest absolute Gasteiger partial charge is 0.329 e. The lowest BCUT2D eigenvalue weighted by Gasteiger charge is -2.35. The molecule has 1 atom stereocenters. The maximum absolute atomic E-state index is 14.7. The molecule has 5 rings (SSSR count). The van der Waals surface area contributed by atoms with Crippen molar-refractivity contribution in [1.82, 2.24) is 14.5 Å². The molecule has 1 fully saturated rings. The molecule has 0 N–H and O–H groups in total. The van der Waals surface area contributed by atoms with Gasteiger partial charge in [0.1, 0.15) is 11.6 Å². The predicted molar refractivity (Wildman–Crippen MR) is 134 cm³/mol. The Morgan fingerprint density at radius 3 is 2.50 bits per heavy atom. The van der Waals surface area contributed by atoms with E-state index < -0.39 is 5.54 Å². The van der Waals surface area contributed by atoms with Gasteiger partial charge in [0.2, 0.25) is 0 Å². The van der Waals surface area contributed by atoms with E-state index in [4.69, 9.17) is 4.98 Å². The first-order valence-electron chi connectivity index (χ1n) is 11.8. The summed E-state index contributed by atoms with van der Waals surface area (Å²) in [4.78, 5) is 21.0. The summed E-state index contributed by atoms with van der Waals surface area (Å²) in [6, 6.07) is 16.6. The zero-order valence-electron chi connectivity index (χ0n) is 20.4. The van der Waals surface area contributed by atoms with Crippen molar-refractivity contribution in [3.8, 4) is 11.1 Å². The number of carbonyl (C=O) groups is 1. The van der Waals surface area contributed by atoms with E-state index in [1.807, 2.05) is 37.1 Å². The van der Waals surface area contributed by atoms with Gasteiger partial charge < -0.3 is 9.47 Å². The number of aryl methyl sites for hydroxylation is 4. The molecule has 0 unspecified atom stereocenters. The van der Waals surface area contributed by atoms with Gasteiger partial charge in [-0.25, -0.2) is 9.37 Å². The molecule has 174 valence electrons. The van der Waals surface area contributed by atoms with E-state index in [2.05, 4.69) is 37.5 Å². The van der Waals surface area contributed by atoms with E-state index in [-0.39, 0.29) is 11.7 Å². The van der Waals surface area contributed by atoms with Crippen LogP contribution in [0.2, 0.25) is 0 Å². The van der Waals surface area contributed by atoms with Gasteiger partial charge in [-0.3, -0.25) is 4.79 Å². The molecule has 0 aliphatic carbocycles. The summed E-state index contributed by atoms with van der Waals surface area (Å²) in [6.07, 6.45) is 1.72. The van der Waals surface area contributed by atoms with Crippen molar-refractivity contribution < 1.29 is 9.18 Å². The number of nitrogens with zero attached hydrogens (tertiary/aromatic N) is 3. The van der Waals surface area contributed by atoms with Crippen LogP contribution in [0.15, 0.2) is 54.6 Å². The third-order valence-corrected chi connectivity index (χ3v) is 7.43. The van der Waals surface area contributed by atoms with Gasteiger partial charge in [0.15, 0.2) is 0 Å². The fraction of sp³-hybridized carbons (Fsp3) is 0.310. The number of halogens is 1. The fourth-order valence-corrected chi connectivity index (χ4v) is 5.35. The first kappa shape index (κ1) is 22.3. The Bertz CT molecular complexity index is 1440. The second-order valence-electron chi connectivity index (χ2n) is 9.78. The number of benzene rings is 3. The molecule has 1 aliphatic heterocycles. The molecule has 3 aromatic carbocycles. The minimum absolute atomic E-state index is 0.0821. The van der Waals surface area contributed by atoms with Crippen LogP contribution in [-0.4, -0.2) is 26.9 Å². The average molecular weight is 456 g/mol. The Kier molecular flexibility index (Phi) is 5.31. The lowest BCUT2D eigenvalue weighted by atomic mass is 9.93. The maximum Gasteiger partial charge on any atom is 0.255 e. The summed E-state index contributed by atoms with van der Waals surface area (Å²) in [7, 11) is 2.03. The molecule has 4 nitrogen and oxygen atoms in total. The Balaban J connectivity index is 1.63. The number of likely N-dealkylation sites (tertiary alicyclic amines) is 1. The second kappa shape index (κ2) is 8.08. The highest BCUT2D eigenvalue weighted by Crippen LogP contribution is 2.41. The summed E-state index contributed by atoms with van der Waals surface area (Å²) in [5, 5.41) is 0. The summed E-state index contributed by atoms with van der Waals surface area (Å²) in [5.41, 5.74) is 6.46. The molecule has 4 aromatic rings. The quantitative estimate of drug-likeness (QED) is 0.356. The molecule has 1 aromatic heterocycles. The molecule has 0 bridgehead atoms. The summed E-state index contributed by atoms with van der Waals surface area (Å²) >= 11 is 0. The Labute approximate surface area is 200 Å². The summed E-state index contributed by atoms with van der Waals surface area (Å²) < 4.78 is 16.8. The Morgan fingerprint density at radius 1 is 1.00 bits per heavy atom. The molecule has 1 amide bonds. The minimum atomic E-state index is -0.553. The van der Waals surface area contributed by atoms with Crippen molar-refractivity contribution >= 4 is 16.9 Å². The molecule has 34 heavy (non-hydrogen) atoms. The first-order valence-corrected chi connectivity index (χ1v) is 11.8. The van der Waals surface area contributed by atoms with Crippen LogP contribution < -0.4 is 0 Å². The molecular formula is C29H30FN3O. The van der Waals surface area contributed by atoms with Gasteiger partial charge >= 0.3 is 0 Å². The molecule has 1 aliphatic rings. The zero-order chi connectivity index (χ0) is 24.2. The molecule has 0 radical (unpaired) electrons. The van der Waals surface area contributed by atoms with Gasteiger partial charge in [-0.1, -0.05) is 35.9 Å². The molecular weight excluding hydrogens is 425 g/mol. The number of hydrogen-bond donors (Lipinski definition) is 0. The number of hydrogen-bond acceptors (Lipinski definition) is 2. The maximum atomic E-state index is 14.7. The highest BCUT2D eigenvalue weighted by molar-refractivity contribution is 6.01. The molecule has 0 saturated carbocycles. The number of rotatable bonds is 3. The number of carbonyl (C=O) groups excluding carboxylic acids is 1. The van der Waals surface area contributed by atoms with E-state index in [0.717, 1.165) is 35.3 Å². The van der Waals surface area contributed by atoms with Crippen molar-refractivity contribution in [2.45, 2.75) is 46.1 Å². The average Bonchev–Trinajstić information content (AvgIpc) is 3.35. The van der Waals surface area contributed by atoms with Crippen molar-refractivity contribution in [1.29, 1.82) is 0 Å². The summed E-state index contributed by atoms with van der Waals surface area (Å²) in [5.74, 6) is 0.477. The predicted octanol–water partition coefficient (Wildman–Crippen LogP) is 6.46. The van der Waals surface area contributed by atoms with Crippen LogP contribution in [0.4, 0.5) is 4.39 Å². The van der Waals surface area contributed by atoms with Crippen LogP contribution in [0, 0.1) is 26.6 Å². The van der Waals surface area contributed by atoms with Crippen LogP contribution in [0.25, 0.3) is 22.2 Å². The number of imidazole rings is 1. The monoisotopic (exact) mass is 455 g/mol. The van der Waals surface area contributed by atoms with Gasteiger partial charge in [0.05, 0.1) is 16.6 Å². The number of amides is 1. The third kappa shape index (κ3) is 3.42. The fourth-order valence-electron chi connectivity index (χ4n) is 5.35. The van der Waals surface area contributed by atoms with E-state index >= 15 is 0 Å². The van der Waals surface area contributed by atoms with Crippen molar-refractivity contribution in [3.05, 3.63) is 88.5 Å². The van der Waals surface area contributed by atoms with Gasteiger partial charge in [0, 0.05) is 24.7 Å².